The van der Waals surface area contributed by atoms with Gasteiger partial charge in [-0.1, -0.05) is 59.1 Å². The van der Waals surface area contributed by atoms with Crippen LogP contribution >= 0.6 is 34.8 Å². The highest BCUT2D eigenvalue weighted by molar-refractivity contribution is 6.42. The van der Waals surface area contributed by atoms with E-state index in [-0.39, 0.29) is 5.91 Å². The van der Waals surface area contributed by atoms with Crippen LogP contribution in [0.5, 0.6) is 5.75 Å². The number of nitrogens with zero attached hydrogens (tertiary/aromatic N) is 1. The van der Waals surface area contributed by atoms with E-state index in [2.05, 4.69) is 10.5 Å². The predicted molar refractivity (Wildman–Crippen MR) is 114 cm³/mol. The number of benzene rings is 3. The van der Waals surface area contributed by atoms with Gasteiger partial charge in [0.05, 0.1) is 16.3 Å². The first-order valence-electron chi connectivity index (χ1n) is 8.27. The van der Waals surface area contributed by atoms with Crippen molar-refractivity contribution in [3.05, 3.63) is 98.5 Å². The predicted octanol–water partition coefficient (Wildman–Crippen LogP) is 5.99. The molecule has 0 saturated heterocycles. The third-order valence-electron chi connectivity index (χ3n) is 3.74. The van der Waals surface area contributed by atoms with Crippen molar-refractivity contribution in [1.82, 2.24) is 5.43 Å². The molecule has 3 aromatic rings. The van der Waals surface area contributed by atoms with Crippen molar-refractivity contribution < 1.29 is 9.53 Å². The maximum atomic E-state index is 12.1. The molecule has 4 nitrogen and oxygen atoms in total. The molecule has 0 aliphatic heterocycles. The molecule has 28 heavy (non-hydrogen) atoms. The van der Waals surface area contributed by atoms with Crippen molar-refractivity contribution in [2.75, 3.05) is 0 Å². The van der Waals surface area contributed by atoms with E-state index in [0.29, 0.717) is 33.0 Å². The topological polar surface area (TPSA) is 50.7 Å². The summed E-state index contributed by atoms with van der Waals surface area (Å²) in [7, 11) is 0. The van der Waals surface area contributed by atoms with Crippen LogP contribution in [0.3, 0.4) is 0 Å². The Morgan fingerprint density at radius 3 is 2.50 bits per heavy atom. The van der Waals surface area contributed by atoms with Crippen LogP contribution in [-0.2, 0) is 6.61 Å². The van der Waals surface area contributed by atoms with Gasteiger partial charge < -0.3 is 4.74 Å². The average molecular weight is 434 g/mol. The highest BCUT2D eigenvalue weighted by Crippen LogP contribution is 2.22. The van der Waals surface area contributed by atoms with Crippen LogP contribution in [0, 0.1) is 0 Å². The Kier molecular flexibility index (Phi) is 6.93. The zero-order valence-corrected chi connectivity index (χ0v) is 16.8. The molecule has 0 fully saturated rings. The molecular weight excluding hydrogens is 419 g/mol. The summed E-state index contributed by atoms with van der Waals surface area (Å²) in [6.07, 6.45) is 1.53. The van der Waals surface area contributed by atoms with Gasteiger partial charge in [-0.15, -0.1) is 0 Å². The van der Waals surface area contributed by atoms with Gasteiger partial charge >= 0.3 is 0 Å². The molecule has 7 heteroatoms. The van der Waals surface area contributed by atoms with Crippen molar-refractivity contribution in [1.29, 1.82) is 0 Å². The first kappa shape index (κ1) is 20.2. The first-order chi connectivity index (χ1) is 13.5. The van der Waals surface area contributed by atoms with Gasteiger partial charge in [-0.25, -0.2) is 5.43 Å². The lowest BCUT2D eigenvalue weighted by atomic mass is 10.2. The van der Waals surface area contributed by atoms with Crippen LogP contribution < -0.4 is 10.2 Å². The molecule has 142 valence electrons. The number of hydrogen-bond acceptors (Lipinski definition) is 3. The Morgan fingerprint density at radius 2 is 1.75 bits per heavy atom. The molecule has 1 amide bonds. The first-order valence-corrected chi connectivity index (χ1v) is 9.40. The fraction of sp³-hybridized carbons (Fsp3) is 0.0476. The number of nitrogens with one attached hydrogen (secondary N) is 1. The number of halogens is 3. The molecule has 3 aromatic carbocycles. The van der Waals surface area contributed by atoms with E-state index in [1.807, 2.05) is 48.5 Å². The highest BCUT2D eigenvalue weighted by Gasteiger charge is 2.07. The summed E-state index contributed by atoms with van der Waals surface area (Å²) in [4.78, 5) is 12.1. The quantitative estimate of drug-likeness (QED) is 0.383. The molecule has 0 saturated carbocycles. The molecule has 0 bridgehead atoms. The minimum Gasteiger partial charge on any atom is -0.489 e. The lowest BCUT2D eigenvalue weighted by molar-refractivity contribution is 0.0955. The van der Waals surface area contributed by atoms with Gasteiger partial charge in [-0.2, -0.15) is 5.10 Å². The molecule has 0 spiro atoms. The van der Waals surface area contributed by atoms with Gasteiger partial charge in [-0.05, 0) is 53.6 Å². The minimum absolute atomic E-state index is 0.309. The fourth-order valence-electron chi connectivity index (χ4n) is 2.30. The molecule has 0 unspecified atom stereocenters. The number of ether oxygens (including phenoxy) is 1. The van der Waals surface area contributed by atoms with Crippen LogP contribution in [0.2, 0.25) is 15.1 Å². The van der Waals surface area contributed by atoms with Crippen molar-refractivity contribution in [3.8, 4) is 5.75 Å². The van der Waals surface area contributed by atoms with E-state index < -0.39 is 0 Å². The van der Waals surface area contributed by atoms with Gasteiger partial charge in [0.2, 0.25) is 0 Å². The Balaban J connectivity index is 1.58. The highest BCUT2D eigenvalue weighted by atomic mass is 35.5. The molecule has 3 rings (SSSR count). The molecule has 0 heterocycles. The zero-order valence-electron chi connectivity index (χ0n) is 14.5. The second kappa shape index (κ2) is 9.60. The average Bonchev–Trinajstić information content (AvgIpc) is 2.70. The molecule has 0 aromatic heterocycles. The van der Waals surface area contributed by atoms with Crippen LogP contribution in [0.4, 0.5) is 0 Å². The summed E-state index contributed by atoms with van der Waals surface area (Å²) < 4.78 is 5.77. The molecule has 1 N–H and O–H groups in total. The summed E-state index contributed by atoms with van der Waals surface area (Å²) in [5.74, 6) is 0.305. The van der Waals surface area contributed by atoms with Crippen LogP contribution in [0.25, 0.3) is 0 Å². The van der Waals surface area contributed by atoms with Crippen molar-refractivity contribution in [3.63, 3.8) is 0 Å². The largest absolute Gasteiger partial charge is 0.489 e. The third kappa shape index (κ3) is 5.73. The summed E-state index contributed by atoms with van der Waals surface area (Å²) in [6.45, 7) is 0.422. The Bertz CT molecular complexity index is 1000. The van der Waals surface area contributed by atoms with Crippen molar-refractivity contribution >= 4 is 46.9 Å². The minimum atomic E-state index is -0.384. The summed E-state index contributed by atoms with van der Waals surface area (Å²) in [6, 6.07) is 19.4. The molecule has 0 aliphatic rings. The Hall–Kier alpha value is -2.53. The SMILES string of the molecule is O=C(N/N=C\c1cccc(OCc2ccc(Cl)cc2)c1)c1ccc(Cl)c(Cl)c1. The molecular formula is C21H15Cl3N2O2. The summed E-state index contributed by atoms with van der Waals surface area (Å²) in [5.41, 5.74) is 4.61. The van der Waals surface area contributed by atoms with E-state index in [1.54, 1.807) is 12.1 Å². The molecule has 0 radical (unpaired) electrons. The van der Waals surface area contributed by atoms with Gasteiger partial charge in [0.25, 0.3) is 5.91 Å². The Morgan fingerprint density at radius 1 is 0.964 bits per heavy atom. The normalized spacial score (nSPS) is 10.8. The number of carbonyl (C=O) groups excluding carboxylic acids is 1. The lowest BCUT2D eigenvalue weighted by Crippen LogP contribution is -2.17. The lowest BCUT2D eigenvalue weighted by Gasteiger charge is -2.07. The number of rotatable bonds is 6. The van der Waals surface area contributed by atoms with E-state index in [4.69, 9.17) is 39.5 Å². The van der Waals surface area contributed by atoms with Crippen molar-refractivity contribution in [2.24, 2.45) is 5.10 Å². The zero-order chi connectivity index (χ0) is 19.9. The van der Waals surface area contributed by atoms with Crippen LogP contribution in [0.15, 0.2) is 71.8 Å². The van der Waals surface area contributed by atoms with Gasteiger partial charge in [0, 0.05) is 10.6 Å². The number of hydrogen-bond donors (Lipinski definition) is 1. The second-order valence-corrected chi connectivity index (χ2v) is 7.07. The smallest absolute Gasteiger partial charge is 0.271 e. The fourth-order valence-corrected chi connectivity index (χ4v) is 2.72. The van der Waals surface area contributed by atoms with Gasteiger partial charge in [-0.3, -0.25) is 4.79 Å². The molecule has 0 aliphatic carbocycles. The van der Waals surface area contributed by atoms with Crippen molar-refractivity contribution in [2.45, 2.75) is 6.61 Å². The summed E-state index contributed by atoms with van der Waals surface area (Å²) >= 11 is 17.6. The number of carbonyl (C=O) groups is 1. The Labute approximate surface area is 177 Å². The standard InChI is InChI=1S/C21H15Cl3N2O2/c22-17-7-4-14(5-8-17)13-28-18-3-1-2-15(10-18)12-25-26-21(27)16-6-9-19(23)20(24)11-16/h1-12H,13H2,(H,26,27)/b25-12-. The van der Waals surface area contributed by atoms with E-state index in [1.165, 1.54) is 12.3 Å². The second-order valence-electron chi connectivity index (χ2n) is 5.82. The monoisotopic (exact) mass is 432 g/mol. The van der Waals surface area contributed by atoms with E-state index >= 15 is 0 Å². The summed E-state index contributed by atoms with van der Waals surface area (Å²) in [5, 5.41) is 5.35. The molecule has 0 atom stereocenters. The van der Waals surface area contributed by atoms with Crippen LogP contribution in [0.1, 0.15) is 21.5 Å². The maximum Gasteiger partial charge on any atom is 0.271 e. The number of amides is 1. The van der Waals surface area contributed by atoms with Gasteiger partial charge in [0.1, 0.15) is 12.4 Å². The van der Waals surface area contributed by atoms with Gasteiger partial charge in [0.15, 0.2) is 0 Å². The van der Waals surface area contributed by atoms with Crippen LogP contribution in [-0.4, -0.2) is 12.1 Å². The number of hydrazone groups is 1. The van der Waals surface area contributed by atoms with E-state index in [0.717, 1.165) is 11.1 Å². The third-order valence-corrected chi connectivity index (χ3v) is 4.73. The van der Waals surface area contributed by atoms with E-state index in [9.17, 15) is 4.79 Å². The maximum absolute atomic E-state index is 12.1.